The SMILES string of the molecule is COc1cc(CN2CCC3(CC2)CN(c2ccc(C)cc2)C(=O)O3)cc2c(OC)cccc12. The molecule has 33 heavy (non-hydrogen) atoms. The van der Waals surface area contributed by atoms with Crippen LogP contribution in [0.5, 0.6) is 11.5 Å². The van der Waals surface area contributed by atoms with E-state index < -0.39 is 5.60 Å². The fourth-order valence-corrected chi connectivity index (χ4v) is 5.00. The Hall–Kier alpha value is -3.25. The molecular weight excluding hydrogens is 416 g/mol. The lowest BCUT2D eigenvalue weighted by Crippen LogP contribution is -2.46. The van der Waals surface area contributed by atoms with Gasteiger partial charge in [0.05, 0.1) is 20.8 Å². The summed E-state index contributed by atoms with van der Waals surface area (Å²) in [6.07, 6.45) is 1.42. The number of hydrogen-bond acceptors (Lipinski definition) is 5. The summed E-state index contributed by atoms with van der Waals surface area (Å²) < 4.78 is 17.2. The molecule has 0 saturated carbocycles. The quantitative estimate of drug-likeness (QED) is 0.542. The first-order chi connectivity index (χ1) is 16.0. The van der Waals surface area contributed by atoms with Gasteiger partial charge in [0.1, 0.15) is 17.1 Å². The summed E-state index contributed by atoms with van der Waals surface area (Å²) >= 11 is 0. The lowest BCUT2D eigenvalue weighted by Gasteiger charge is -2.37. The first-order valence-electron chi connectivity index (χ1n) is 11.4. The number of rotatable bonds is 5. The highest BCUT2D eigenvalue weighted by Gasteiger charge is 2.47. The summed E-state index contributed by atoms with van der Waals surface area (Å²) in [5, 5.41) is 2.11. The van der Waals surface area contributed by atoms with Crippen molar-refractivity contribution >= 4 is 22.6 Å². The lowest BCUT2D eigenvalue weighted by molar-refractivity contribution is -0.000976. The van der Waals surface area contributed by atoms with E-state index in [1.54, 1.807) is 19.1 Å². The van der Waals surface area contributed by atoms with Crippen LogP contribution in [0.1, 0.15) is 24.0 Å². The summed E-state index contributed by atoms with van der Waals surface area (Å²) in [4.78, 5) is 16.8. The minimum Gasteiger partial charge on any atom is -0.496 e. The molecule has 6 nitrogen and oxygen atoms in total. The maximum atomic E-state index is 12.6. The molecule has 2 saturated heterocycles. The lowest BCUT2D eigenvalue weighted by atomic mass is 9.91. The van der Waals surface area contributed by atoms with E-state index in [1.807, 2.05) is 43.3 Å². The molecule has 0 aliphatic carbocycles. The zero-order valence-electron chi connectivity index (χ0n) is 19.5. The monoisotopic (exact) mass is 446 g/mol. The number of hydrogen-bond donors (Lipinski definition) is 0. The average molecular weight is 447 g/mol. The molecule has 172 valence electrons. The highest BCUT2D eigenvalue weighted by Crippen LogP contribution is 2.37. The number of anilines is 1. The summed E-state index contributed by atoms with van der Waals surface area (Å²) in [7, 11) is 3.40. The molecule has 5 rings (SSSR count). The summed E-state index contributed by atoms with van der Waals surface area (Å²) in [6, 6.07) is 18.4. The number of carbonyl (C=O) groups excluding carboxylic acids is 1. The van der Waals surface area contributed by atoms with E-state index in [9.17, 15) is 4.79 Å². The molecule has 0 unspecified atom stereocenters. The maximum Gasteiger partial charge on any atom is 0.415 e. The number of aryl methyl sites for hydroxylation is 1. The van der Waals surface area contributed by atoms with Crippen LogP contribution in [0.4, 0.5) is 10.5 Å². The van der Waals surface area contributed by atoms with E-state index >= 15 is 0 Å². The molecule has 3 aromatic rings. The molecular formula is C27H30N2O4. The molecule has 1 amide bonds. The molecule has 0 N–H and O–H groups in total. The average Bonchev–Trinajstić information content (AvgIpc) is 3.15. The topological polar surface area (TPSA) is 51.2 Å². The third kappa shape index (κ3) is 4.11. The molecule has 2 fully saturated rings. The van der Waals surface area contributed by atoms with Crippen LogP contribution in [-0.2, 0) is 11.3 Å². The molecule has 2 heterocycles. The molecule has 6 heteroatoms. The Labute approximate surface area is 194 Å². The molecule has 0 bridgehead atoms. The Morgan fingerprint density at radius 1 is 0.939 bits per heavy atom. The van der Waals surface area contributed by atoms with Gasteiger partial charge >= 0.3 is 6.09 Å². The highest BCUT2D eigenvalue weighted by molar-refractivity contribution is 5.94. The normalized spacial score (nSPS) is 18.0. The van der Waals surface area contributed by atoms with Crippen LogP contribution in [-0.4, -0.2) is 50.4 Å². The molecule has 0 aromatic heterocycles. The minimum atomic E-state index is -0.400. The second-order valence-corrected chi connectivity index (χ2v) is 9.10. The van der Waals surface area contributed by atoms with Crippen LogP contribution < -0.4 is 14.4 Å². The molecule has 1 spiro atoms. The predicted octanol–water partition coefficient (Wildman–Crippen LogP) is 5.16. The van der Waals surface area contributed by atoms with E-state index in [-0.39, 0.29) is 6.09 Å². The van der Waals surface area contributed by atoms with Crippen molar-refractivity contribution in [1.29, 1.82) is 0 Å². The van der Waals surface area contributed by atoms with Gasteiger partial charge in [-0.05, 0) is 42.8 Å². The number of methoxy groups -OCH3 is 2. The van der Waals surface area contributed by atoms with Gasteiger partial charge in [-0.3, -0.25) is 9.80 Å². The van der Waals surface area contributed by atoms with Gasteiger partial charge in [0.25, 0.3) is 0 Å². The van der Waals surface area contributed by atoms with E-state index in [1.165, 1.54) is 11.1 Å². The van der Waals surface area contributed by atoms with Crippen LogP contribution in [0.2, 0.25) is 0 Å². The van der Waals surface area contributed by atoms with Gasteiger partial charge in [0, 0.05) is 48.9 Å². The van der Waals surface area contributed by atoms with Gasteiger partial charge in [0.15, 0.2) is 0 Å². The van der Waals surface area contributed by atoms with Crippen LogP contribution in [0, 0.1) is 6.92 Å². The smallest absolute Gasteiger partial charge is 0.415 e. The van der Waals surface area contributed by atoms with E-state index in [0.29, 0.717) is 6.54 Å². The standard InChI is InChI=1S/C27H30N2O4/c1-19-7-9-21(10-8-19)29-18-27(33-26(29)30)11-13-28(14-12-27)17-20-15-23-22(25(16-20)32-3)5-4-6-24(23)31-2/h4-10,15-16H,11-14,17-18H2,1-3H3. The minimum absolute atomic E-state index is 0.237. The number of benzene rings is 3. The fourth-order valence-electron chi connectivity index (χ4n) is 5.00. The number of ether oxygens (including phenoxy) is 3. The number of fused-ring (bicyclic) bond motifs is 1. The molecule has 3 aromatic carbocycles. The fraction of sp³-hybridized carbons (Fsp3) is 0.370. The van der Waals surface area contributed by atoms with Crippen LogP contribution in [0.3, 0.4) is 0 Å². The molecule has 0 radical (unpaired) electrons. The van der Waals surface area contributed by atoms with Crippen LogP contribution in [0.15, 0.2) is 54.6 Å². The van der Waals surface area contributed by atoms with Crippen molar-refractivity contribution in [2.45, 2.75) is 31.9 Å². The number of nitrogens with zero attached hydrogens (tertiary/aromatic N) is 2. The van der Waals surface area contributed by atoms with Crippen molar-refractivity contribution in [1.82, 2.24) is 4.90 Å². The number of amides is 1. The van der Waals surface area contributed by atoms with Crippen molar-refractivity contribution in [2.24, 2.45) is 0 Å². The number of carbonyl (C=O) groups is 1. The Bertz CT molecular complexity index is 1170. The van der Waals surface area contributed by atoms with Crippen molar-refractivity contribution in [3.05, 3.63) is 65.7 Å². The van der Waals surface area contributed by atoms with Crippen LogP contribution >= 0.6 is 0 Å². The van der Waals surface area contributed by atoms with Gasteiger partial charge < -0.3 is 14.2 Å². The summed E-state index contributed by atoms with van der Waals surface area (Å²) in [6.45, 7) is 5.23. The number of likely N-dealkylation sites (tertiary alicyclic amines) is 1. The summed E-state index contributed by atoms with van der Waals surface area (Å²) in [5.74, 6) is 1.70. The van der Waals surface area contributed by atoms with Gasteiger partial charge in [-0.1, -0.05) is 29.8 Å². The summed E-state index contributed by atoms with van der Waals surface area (Å²) in [5.41, 5.74) is 2.87. The first-order valence-corrected chi connectivity index (χ1v) is 11.4. The maximum absolute atomic E-state index is 12.6. The molecule has 2 aliphatic heterocycles. The third-order valence-electron chi connectivity index (χ3n) is 6.91. The van der Waals surface area contributed by atoms with E-state index in [0.717, 1.165) is 60.4 Å². The van der Waals surface area contributed by atoms with Crippen molar-refractivity contribution in [3.8, 4) is 11.5 Å². The van der Waals surface area contributed by atoms with E-state index in [2.05, 4.69) is 23.1 Å². The van der Waals surface area contributed by atoms with Gasteiger partial charge in [-0.2, -0.15) is 0 Å². The van der Waals surface area contributed by atoms with Crippen molar-refractivity contribution < 1.29 is 19.0 Å². The second kappa shape index (κ2) is 8.60. The van der Waals surface area contributed by atoms with Crippen molar-refractivity contribution in [2.75, 3.05) is 38.8 Å². The zero-order valence-corrected chi connectivity index (χ0v) is 19.5. The zero-order chi connectivity index (χ0) is 23.0. The Kier molecular flexibility index (Phi) is 5.62. The van der Waals surface area contributed by atoms with Crippen molar-refractivity contribution in [3.63, 3.8) is 0 Å². The largest absolute Gasteiger partial charge is 0.496 e. The first kappa shape index (κ1) is 21.6. The third-order valence-corrected chi connectivity index (χ3v) is 6.91. The van der Waals surface area contributed by atoms with Gasteiger partial charge in [-0.15, -0.1) is 0 Å². The molecule has 0 atom stereocenters. The predicted molar refractivity (Wildman–Crippen MR) is 129 cm³/mol. The second-order valence-electron chi connectivity index (χ2n) is 9.10. The Balaban J connectivity index is 1.29. The number of piperidine rings is 1. The van der Waals surface area contributed by atoms with Crippen LogP contribution in [0.25, 0.3) is 10.8 Å². The highest BCUT2D eigenvalue weighted by atomic mass is 16.6. The molecule has 2 aliphatic rings. The van der Waals surface area contributed by atoms with Gasteiger partial charge in [-0.25, -0.2) is 4.79 Å². The Morgan fingerprint density at radius 2 is 1.67 bits per heavy atom. The Morgan fingerprint density at radius 3 is 2.36 bits per heavy atom. The van der Waals surface area contributed by atoms with Gasteiger partial charge in [0.2, 0.25) is 0 Å². The van der Waals surface area contributed by atoms with E-state index in [4.69, 9.17) is 14.2 Å².